The SMILES string of the molecule is CCOC(=O)CN1c2cccnc2NC1c1ccc(Br)o1. The topological polar surface area (TPSA) is 67.6 Å². The summed E-state index contributed by atoms with van der Waals surface area (Å²) in [6, 6.07) is 7.41. The van der Waals surface area contributed by atoms with Crippen LogP contribution in [0.4, 0.5) is 11.5 Å². The van der Waals surface area contributed by atoms with Crippen molar-refractivity contribution < 1.29 is 13.9 Å². The maximum absolute atomic E-state index is 11.8. The predicted octanol–water partition coefficient (Wildman–Crippen LogP) is 2.93. The first-order valence-corrected chi connectivity index (χ1v) is 7.37. The number of carbonyl (C=O) groups is 1. The molecule has 0 bridgehead atoms. The van der Waals surface area contributed by atoms with Gasteiger partial charge in [0, 0.05) is 6.20 Å². The molecule has 21 heavy (non-hydrogen) atoms. The second-order valence-electron chi connectivity index (χ2n) is 4.49. The van der Waals surface area contributed by atoms with E-state index in [1.165, 1.54) is 0 Å². The highest BCUT2D eigenvalue weighted by Gasteiger charge is 2.34. The Hall–Kier alpha value is -2.02. The first kappa shape index (κ1) is 13.9. The number of furan rings is 1. The summed E-state index contributed by atoms with van der Waals surface area (Å²) in [4.78, 5) is 18.0. The number of hydrogen-bond acceptors (Lipinski definition) is 6. The van der Waals surface area contributed by atoms with Crippen LogP contribution in [0.3, 0.4) is 0 Å². The van der Waals surface area contributed by atoms with Gasteiger partial charge in [0.2, 0.25) is 0 Å². The van der Waals surface area contributed by atoms with E-state index in [1.807, 2.05) is 29.2 Å². The van der Waals surface area contributed by atoms with Crippen LogP contribution in [0, 0.1) is 0 Å². The normalized spacial score (nSPS) is 16.5. The molecule has 0 spiro atoms. The third-order valence-electron chi connectivity index (χ3n) is 3.15. The zero-order chi connectivity index (χ0) is 14.8. The van der Waals surface area contributed by atoms with Crippen LogP contribution in [0.25, 0.3) is 0 Å². The number of hydrogen-bond donors (Lipinski definition) is 1. The van der Waals surface area contributed by atoms with Gasteiger partial charge in [-0.15, -0.1) is 0 Å². The molecule has 0 saturated carbocycles. The van der Waals surface area contributed by atoms with Crippen molar-refractivity contribution in [2.24, 2.45) is 0 Å². The van der Waals surface area contributed by atoms with Crippen LogP contribution in [0.2, 0.25) is 0 Å². The van der Waals surface area contributed by atoms with Crippen LogP contribution in [-0.2, 0) is 9.53 Å². The second kappa shape index (κ2) is 5.77. The summed E-state index contributed by atoms with van der Waals surface area (Å²) in [5.41, 5.74) is 0.850. The number of nitrogens with zero attached hydrogens (tertiary/aromatic N) is 2. The quantitative estimate of drug-likeness (QED) is 0.854. The Kier molecular flexibility index (Phi) is 3.83. The molecular formula is C14H14BrN3O3. The summed E-state index contributed by atoms with van der Waals surface area (Å²) >= 11 is 3.29. The van der Waals surface area contributed by atoms with Crippen LogP contribution in [-0.4, -0.2) is 24.1 Å². The van der Waals surface area contributed by atoms with E-state index in [9.17, 15) is 4.79 Å². The molecule has 1 atom stereocenters. The predicted molar refractivity (Wildman–Crippen MR) is 81.0 cm³/mol. The number of fused-ring (bicyclic) bond motifs is 1. The fourth-order valence-electron chi connectivity index (χ4n) is 2.31. The summed E-state index contributed by atoms with van der Waals surface area (Å²) < 4.78 is 11.3. The van der Waals surface area contributed by atoms with E-state index in [4.69, 9.17) is 9.15 Å². The molecule has 0 aromatic carbocycles. The Morgan fingerprint density at radius 1 is 1.52 bits per heavy atom. The fraction of sp³-hybridized carbons (Fsp3) is 0.286. The fourth-order valence-corrected chi connectivity index (χ4v) is 2.63. The molecule has 2 aromatic heterocycles. The lowest BCUT2D eigenvalue weighted by Gasteiger charge is -2.23. The largest absolute Gasteiger partial charge is 0.465 e. The van der Waals surface area contributed by atoms with Gasteiger partial charge in [0.1, 0.15) is 12.3 Å². The first-order chi connectivity index (χ1) is 10.2. The Bertz CT molecular complexity index is 658. The minimum absolute atomic E-state index is 0.127. The zero-order valence-corrected chi connectivity index (χ0v) is 13.0. The maximum atomic E-state index is 11.8. The summed E-state index contributed by atoms with van der Waals surface area (Å²) in [7, 11) is 0. The Morgan fingerprint density at radius 2 is 2.38 bits per heavy atom. The minimum atomic E-state index is -0.286. The Balaban J connectivity index is 1.91. The van der Waals surface area contributed by atoms with Crippen LogP contribution >= 0.6 is 15.9 Å². The Labute approximate surface area is 130 Å². The van der Waals surface area contributed by atoms with Gasteiger partial charge < -0.3 is 19.4 Å². The standard InChI is InChI=1S/C14H14BrN3O3/c1-2-20-12(19)8-18-9-4-3-7-16-13(9)17-14(18)10-5-6-11(15)21-10/h3-7,14H,2,8H2,1H3,(H,16,17). The maximum Gasteiger partial charge on any atom is 0.325 e. The molecule has 0 fully saturated rings. The molecule has 0 saturated heterocycles. The molecule has 3 heterocycles. The highest BCUT2D eigenvalue weighted by Crippen LogP contribution is 2.40. The van der Waals surface area contributed by atoms with E-state index in [0.717, 1.165) is 11.5 Å². The smallest absolute Gasteiger partial charge is 0.325 e. The van der Waals surface area contributed by atoms with Crippen molar-refractivity contribution in [1.82, 2.24) is 4.98 Å². The van der Waals surface area contributed by atoms with Crippen molar-refractivity contribution in [3.63, 3.8) is 0 Å². The number of halogens is 1. The lowest BCUT2D eigenvalue weighted by molar-refractivity contribution is -0.141. The van der Waals surface area contributed by atoms with Crippen molar-refractivity contribution in [2.45, 2.75) is 13.1 Å². The van der Waals surface area contributed by atoms with Crippen LogP contribution in [0.15, 0.2) is 39.5 Å². The molecule has 6 nitrogen and oxygen atoms in total. The van der Waals surface area contributed by atoms with Gasteiger partial charge in [0.05, 0.1) is 12.3 Å². The number of anilines is 2. The number of aromatic nitrogens is 1. The molecule has 2 aromatic rings. The molecule has 1 aliphatic rings. The van der Waals surface area contributed by atoms with Crippen LogP contribution in [0.5, 0.6) is 0 Å². The van der Waals surface area contributed by atoms with Crippen molar-refractivity contribution in [1.29, 1.82) is 0 Å². The zero-order valence-electron chi connectivity index (χ0n) is 11.4. The minimum Gasteiger partial charge on any atom is -0.465 e. The number of carbonyl (C=O) groups excluding carboxylic acids is 1. The lowest BCUT2D eigenvalue weighted by atomic mass is 10.3. The number of rotatable bonds is 4. The number of nitrogens with one attached hydrogen (secondary N) is 1. The molecule has 7 heteroatoms. The van der Waals surface area contributed by atoms with Crippen molar-refractivity contribution in [3.05, 3.63) is 40.9 Å². The van der Waals surface area contributed by atoms with Gasteiger partial charge in [-0.2, -0.15) is 0 Å². The second-order valence-corrected chi connectivity index (χ2v) is 5.27. The third-order valence-corrected chi connectivity index (χ3v) is 3.58. The number of esters is 1. The first-order valence-electron chi connectivity index (χ1n) is 6.58. The number of pyridine rings is 1. The monoisotopic (exact) mass is 351 g/mol. The van der Waals surface area contributed by atoms with Gasteiger partial charge in [-0.25, -0.2) is 4.98 Å². The van der Waals surface area contributed by atoms with E-state index in [-0.39, 0.29) is 18.7 Å². The van der Waals surface area contributed by atoms with Gasteiger partial charge in [-0.05, 0) is 47.1 Å². The van der Waals surface area contributed by atoms with E-state index in [0.29, 0.717) is 17.0 Å². The van der Waals surface area contributed by atoms with Gasteiger partial charge >= 0.3 is 5.97 Å². The average Bonchev–Trinajstić information content (AvgIpc) is 3.04. The van der Waals surface area contributed by atoms with Crippen molar-refractivity contribution in [3.8, 4) is 0 Å². The summed E-state index contributed by atoms with van der Waals surface area (Å²) in [5, 5.41) is 3.25. The molecule has 0 radical (unpaired) electrons. The van der Waals surface area contributed by atoms with Crippen LogP contribution in [0.1, 0.15) is 18.8 Å². The molecule has 0 amide bonds. The number of ether oxygens (including phenoxy) is 1. The Morgan fingerprint density at radius 3 is 3.10 bits per heavy atom. The molecular weight excluding hydrogens is 338 g/mol. The highest BCUT2D eigenvalue weighted by atomic mass is 79.9. The molecule has 1 unspecified atom stereocenters. The van der Waals surface area contributed by atoms with E-state index in [2.05, 4.69) is 26.2 Å². The van der Waals surface area contributed by atoms with Gasteiger partial charge in [0.15, 0.2) is 16.7 Å². The van der Waals surface area contributed by atoms with E-state index < -0.39 is 0 Å². The van der Waals surface area contributed by atoms with Gasteiger partial charge in [-0.3, -0.25) is 4.79 Å². The summed E-state index contributed by atoms with van der Waals surface area (Å²) in [6.45, 7) is 2.27. The van der Waals surface area contributed by atoms with Gasteiger partial charge in [0.25, 0.3) is 0 Å². The summed E-state index contributed by atoms with van der Waals surface area (Å²) in [6.07, 6.45) is 1.42. The van der Waals surface area contributed by atoms with E-state index >= 15 is 0 Å². The third kappa shape index (κ3) is 2.73. The van der Waals surface area contributed by atoms with Crippen molar-refractivity contribution in [2.75, 3.05) is 23.4 Å². The van der Waals surface area contributed by atoms with Gasteiger partial charge in [-0.1, -0.05) is 0 Å². The molecule has 110 valence electrons. The lowest BCUT2D eigenvalue weighted by Crippen LogP contribution is -2.33. The molecule has 0 aliphatic carbocycles. The molecule has 1 N–H and O–H groups in total. The van der Waals surface area contributed by atoms with Crippen molar-refractivity contribution >= 4 is 33.4 Å². The average molecular weight is 352 g/mol. The summed E-state index contributed by atoms with van der Waals surface area (Å²) in [5.74, 6) is 1.13. The highest BCUT2D eigenvalue weighted by molar-refractivity contribution is 9.10. The van der Waals surface area contributed by atoms with Crippen LogP contribution < -0.4 is 10.2 Å². The van der Waals surface area contributed by atoms with E-state index in [1.54, 1.807) is 13.1 Å². The molecule has 1 aliphatic heterocycles. The molecule has 3 rings (SSSR count).